The van der Waals surface area contributed by atoms with Crippen molar-refractivity contribution in [3.05, 3.63) is 36.8 Å². The van der Waals surface area contributed by atoms with E-state index in [-0.39, 0.29) is 6.10 Å². The van der Waals surface area contributed by atoms with Crippen molar-refractivity contribution >= 4 is 11.5 Å². The first-order valence-corrected chi connectivity index (χ1v) is 8.63. The molecule has 0 spiro atoms. The number of aromatic nitrogens is 4. The number of hydrogen-bond donors (Lipinski definition) is 2. The molecule has 3 aromatic heterocycles. The molecule has 1 saturated heterocycles. The van der Waals surface area contributed by atoms with Gasteiger partial charge in [-0.3, -0.25) is 4.40 Å². The SMILES string of the molecule is CC(C)Oc1cn2c(-c3cccc(N[C@@H]4CCNC4)n3)cnc2cn1. The van der Waals surface area contributed by atoms with Gasteiger partial charge < -0.3 is 15.4 Å². The van der Waals surface area contributed by atoms with E-state index < -0.39 is 0 Å². The fourth-order valence-corrected chi connectivity index (χ4v) is 3.01. The molecule has 130 valence electrons. The molecule has 0 aliphatic carbocycles. The quantitative estimate of drug-likeness (QED) is 0.744. The van der Waals surface area contributed by atoms with Crippen molar-refractivity contribution in [3.63, 3.8) is 0 Å². The first-order valence-electron chi connectivity index (χ1n) is 8.63. The smallest absolute Gasteiger partial charge is 0.230 e. The molecular weight excluding hydrogens is 316 g/mol. The summed E-state index contributed by atoms with van der Waals surface area (Å²) in [5.41, 5.74) is 2.55. The number of pyridine rings is 1. The summed E-state index contributed by atoms with van der Waals surface area (Å²) in [4.78, 5) is 13.5. The van der Waals surface area contributed by atoms with Gasteiger partial charge in [0.15, 0.2) is 5.65 Å². The zero-order valence-corrected chi connectivity index (χ0v) is 14.4. The number of ether oxygens (including phenoxy) is 1. The zero-order valence-electron chi connectivity index (χ0n) is 14.4. The second-order valence-corrected chi connectivity index (χ2v) is 6.51. The van der Waals surface area contributed by atoms with Crippen LogP contribution in [0.1, 0.15) is 20.3 Å². The van der Waals surface area contributed by atoms with Crippen LogP contribution < -0.4 is 15.4 Å². The molecule has 0 unspecified atom stereocenters. The third kappa shape index (κ3) is 3.41. The van der Waals surface area contributed by atoms with Crippen LogP contribution in [-0.2, 0) is 0 Å². The molecule has 4 rings (SSSR count). The lowest BCUT2D eigenvalue weighted by atomic mass is 10.2. The number of nitrogens with zero attached hydrogens (tertiary/aromatic N) is 4. The Balaban J connectivity index is 1.66. The van der Waals surface area contributed by atoms with Gasteiger partial charge in [-0.15, -0.1) is 0 Å². The second-order valence-electron chi connectivity index (χ2n) is 6.51. The normalized spacial score (nSPS) is 17.3. The maximum absolute atomic E-state index is 5.70. The summed E-state index contributed by atoms with van der Waals surface area (Å²) in [6, 6.07) is 6.43. The lowest BCUT2D eigenvalue weighted by molar-refractivity contribution is 0.231. The Bertz CT molecular complexity index is 869. The zero-order chi connectivity index (χ0) is 17.2. The van der Waals surface area contributed by atoms with Gasteiger partial charge in [0.2, 0.25) is 5.88 Å². The highest BCUT2D eigenvalue weighted by molar-refractivity contribution is 5.61. The van der Waals surface area contributed by atoms with Gasteiger partial charge in [-0.05, 0) is 38.9 Å². The van der Waals surface area contributed by atoms with Gasteiger partial charge in [0.25, 0.3) is 0 Å². The van der Waals surface area contributed by atoms with Crippen molar-refractivity contribution < 1.29 is 4.74 Å². The molecule has 4 heterocycles. The first-order chi connectivity index (χ1) is 12.2. The molecule has 1 atom stereocenters. The summed E-state index contributed by atoms with van der Waals surface area (Å²) in [5, 5.41) is 6.84. The van der Waals surface area contributed by atoms with Crippen molar-refractivity contribution in [3.8, 4) is 17.3 Å². The molecule has 7 nitrogen and oxygen atoms in total. The van der Waals surface area contributed by atoms with Crippen LogP contribution in [0.3, 0.4) is 0 Å². The molecular formula is C18H22N6O. The summed E-state index contributed by atoms with van der Waals surface area (Å²) in [7, 11) is 0. The van der Waals surface area contributed by atoms with Gasteiger partial charge in [-0.25, -0.2) is 15.0 Å². The molecule has 1 fully saturated rings. The first kappa shape index (κ1) is 15.8. The number of rotatable bonds is 5. The van der Waals surface area contributed by atoms with Crippen LogP contribution >= 0.6 is 0 Å². The van der Waals surface area contributed by atoms with Crippen LogP contribution in [0.5, 0.6) is 5.88 Å². The molecule has 0 radical (unpaired) electrons. The summed E-state index contributed by atoms with van der Waals surface area (Å²) < 4.78 is 7.66. The molecule has 1 aliphatic heterocycles. The van der Waals surface area contributed by atoms with Crippen LogP contribution in [0.15, 0.2) is 36.8 Å². The Morgan fingerprint density at radius 3 is 3.00 bits per heavy atom. The predicted octanol–water partition coefficient (Wildman–Crippen LogP) is 2.35. The Labute approximate surface area is 146 Å². The van der Waals surface area contributed by atoms with Crippen molar-refractivity contribution in [2.45, 2.75) is 32.4 Å². The average Bonchev–Trinajstić information content (AvgIpc) is 3.24. The van der Waals surface area contributed by atoms with E-state index in [0.29, 0.717) is 11.9 Å². The van der Waals surface area contributed by atoms with Crippen molar-refractivity contribution in [2.75, 3.05) is 18.4 Å². The van der Waals surface area contributed by atoms with E-state index in [1.54, 1.807) is 6.20 Å². The summed E-state index contributed by atoms with van der Waals surface area (Å²) in [6.45, 7) is 5.99. The Morgan fingerprint density at radius 2 is 2.20 bits per heavy atom. The van der Waals surface area contributed by atoms with E-state index in [4.69, 9.17) is 9.72 Å². The highest BCUT2D eigenvalue weighted by Crippen LogP contribution is 2.22. The van der Waals surface area contributed by atoms with Crippen LogP contribution in [0, 0.1) is 0 Å². The third-order valence-corrected chi connectivity index (χ3v) is 4.15. The topological polar surface area (TPSA) is 76.4 Å². The largest absolute Gasteiger partial charge is 0.474 e. The molecule has 25 heavy (non-hydrogen) atoms. The van der Waals surface area contributed by atoms with Crippen molar-refractivity contribution in [1.29, 1.82) is 0 Å². The van der Waals surface area contributed by atoms with Gasteiger partial charge >= 0.3 is 0 Å². The maximum Gasteiger partial charge on any atom is 0.230 e. The molecule has 0 amide bonds. The number of anilines is 1. The van der Waals surface area contributed by atoms with E-state index in [0.717, 1.165) is 42.4 Å². The van der Waals surface area contributed by atoms with Crippen LogP contribution in [0.25, 0.3) is 17.0 Å². The van der Waals surface area contributed by atoms with E-state index in [1.165, 1.54) is 0 Å². The fourth-order valence-electron chi connectivity index (χ4n) is 3.01. The Morgan fingerprint density at radius 1 is 1.28 bits per heavy atom. The number of hydrogen-bond acceptors (Lipinski definition) is 6. The van der Waals surface area contributed by atoms with Gasteiger partial charge in [-0.1, -0.05) is 6.07 Å². The van der Waals surface area contributed by atoms with Crippen molar-refractivity contribution in [1.82, 2.24) is 24.7 Å². The van der Waals surface area contributed by atoms with Crippen LogP contribution in [-0.4, -0.2) is 44.6 Å². The Hall–Kier alpha value is -2.67. The average molecular weight is 338 g/mol. The fraction of sp³-hybridized carbons (Fsp3) is 0.389. The van der Waals surface area contributed by atoms with Gasteiger partial charge in [0, 0.05) is 12.6 Å². The molecule has 1 aliphatic rings. The van der Waals surface area contributed by atoms with E-state index in [9.17, 15) is 0 Å². The van der Waals surface area contributed by atoms with Crippen LogP contribution in [0.4, 0.5) is 5.82 Å². The monoisotopic (exact) mass is 338 g/mol. The van der Waals surface area contributed by atoms with Gasteiger partial charge in [0.1, 0.15) is 5.82 Å². The number of nitrogens with one attached hydrogen (secondary N) is 2. The maximum atomic E-state index is 5.70. The molecule has 0 saturated carbocycles. The lowest BCUT2D eigenvalue weighted by Gasteiger charge is -2.13. The van der Waals surface area contributed by atoms with Gasteiger partial charge in [-0.2, -0.15) is 0 Å². The molecule has 0 bridgehead atoms. The number of fused-ring (bicyclic) bond motifs is 1. The second kappa shape index (κ2) is 6.68. The third-order valence-electron chi connectivity index (χ3n) is 4.15. The Kier molecular flexibility index (Phi) is 4.23. The highest BCUT2D eigenvalue weighted by Gasteiger charge is 2.15. The summed E-state index contributed by atoms with van der Waals surface area (Å²) in [5.74, 6) is 1.46. The molecule has 2 N–H and O–H groups in total. The summed E-state index contributed by atoms with van der Waals surface area (Å²) >= 11 is 0. The summed E-state index contributed by atoms with van der Waals surface area (Å²) in [6.07, 6.45) is 6.58. The molecule has 0 aromatic carbocycles. The lowest BCUT2D eigenvalue weighted by Crippen LogP contribution is -2.22. The number of imidazole rings is 1. The standard InChI is InChI=1S/C18H22N6O/c1-12(2)25-18-11-24-15(9-20-17(24)10-21-18)14-4-3-5-16(23-14)22-13-6-7-19-8-13/h3-5,9-13,19H,6-8H2,1-2H3,(H,22,23)/t13-/m1/s1. The van der Waals surface area contributed by atoms with E-state index in [1.807, 2.05) is 48.8 Å². The van der Waals surface area contributed by atoms with Crippen molar-refractivity contribution in [2.24, 2.45) is 0 Å². The van der Waals surface area contributed by atoms with Gasteiger partial charge in [0.05, 0.1) is 36.1 Å². The van der Waals surface area contributed by atoms with E-state index >= 15 is 0 Å². The molecule has 3 aromatic rings. The van der Waals surface area contributed by atoms with Crippen LogP contribution in [0.2, 0.25) is 0 Å². The van der Waals surface area contributed by atoms with E-state index in [2.05, 4.69) is 20.6 Å². The predicted molar refractivity (Wildman–Crippen MR) is 96.9 cm³/mol. The minimum absolute atomic E-state index is 0.0718. The minimum atomic E-state index is 0.0718. The highest BCUT2D eigenvalue weighted by atomic mass is 16.5. The minimum Gasteiger partial charge on any atom is -0.474 e. The molecule has 7 heteroatoms.